The molecule has 0 bridgehead atoms. The lowest BCUT2D eigenvalue weighted by Crippen LogP contribution is -2.20. The average Bonchev–Trinajstić information content (AvgIpc) is 3.14. The van der Waals surface area contributed by atoms with Gasteiger partial charge in [-0.1, -0.05) is 36.4 Å². The van der Waals surface area contributed by atoms with Crippen molar-refractivity contribution in [2.75, 3.05) is 5.32 Å². The molecule has 4 aromatic rings. The number of nitrogens with one attached hydrogen (secondary N) is 2. The zero-order valence-corrected chi connectivity index (χ0v) is 14.3. The van der Waals surface area contributed by atoms with E-state index in [1.165, 1.54) is 5.39 Å². The number of hydrogen-bond donors (Lipinski definition) is 2. The molecule has 0 atom stereocenters. The molecule has 2 heterocycles. The molecule has 0 aliphatic heterocycles. The van der Waals surface area contributed by atoms with Crippen LogP contribution < -0.4 is 10.9 Å². The molecule has 0 amide bonds. The Morgan fingerprint density at radius 1 is 1.04 bits per heavy atom. The number of para-hydroxylation sites is 2. The van der Waals surface area contributed by atoms with E-state index in [1.54, 1.807) is 4.68 Å². The topological polar surface area (TPSA) is 54.8 Å². The van der Waals surface area contributed by atoms with E-state index in [2.05, 4.69) is 22.4 Å². The lowest BCUT2D eigenvalue weighted by molar-refractivity contribution is 0.630. The SMILES string of the molecule is Cc1c(NCc2c[nH]c3ccccc23)c(=O)n(-c2ccccc2)n1C. The Bertz CT molecular complexity index is 1090. The quantitative estimate of drug-likeness (QED) is 0.600. The molecule has 0 fully saturated rings. The summed E-state index contributed by atoms with van der Waals surface area (Å²) in [5.41, 5.74) is 4.62. The standard InChI is InChI=1S/C20H20N4O/c1-14-19(20(25)24(23(14)2)16-8-4-3-5-9-16)22-13-15-12-21-18-11-7-6-10-17(15)18/h3-12,21-22H,13H2,1-2H3. The van der Waals surface area contributed by atoms with E-state index in [-0.39, 0.29) is 5.56 Å². The first-order valence-corrected chi connectivity index (χ1v) is 8.29. The first-order chi connectivity index (χ1) is 12.2. The third-order valence-electron chi connectivity index (χ3n) is 4.68. The molecule has 25 heavy (non-hydrogen) atoms. The van der Waals surface area contributed by atoms with E-state index in [9.17, 15) is 4.79 Å². The Hall–Kier alpha value is -3.21. The highest BCUT2D eigenvalue weighted by molar-refractivity contribution is 5.83. The highest BCUT2D eigenvalue weighted by Gasteiger charge is 2.16. The van der Waals surface area contributed by atoms with E-state index in [0.717, 1.165) is 22.5 Å². The molecule has 4 rings (SSSR count). The number of hydrogen-bond acceptors (Lipinski definition) is 2. The lowest BCUT2D eigenvalue weighted by Gasteiger charge is -2.07. The highest BCUT2D eigenvalue weighted by Crippen LogP contribution is 2.20. The molecule has 0 unspecified atom stereocenters. The predicted octanol–water partition coefficient (Wildman–Crippen LogP) is 3.58. The molecule has 2 N–H and O–H groups in total. The first kappa shape index (κ1) is 15.3. The van der Waals surface area contributed by atoms with Crippen LogP contribution in [0.3, 0.4) is 0 Å². The summed E-state index contributed by atoms with van der Waals surface area (Å²) >= 11 is 0. The van der Waals surface area contributed by atoms with E-state index >= 15 is 0 Å². The first-order valence-electron chi connectivity index (χ1n) is 8.29. The lowest BCUT2D eigenvalue weighted by atomic mass is 10.2. The van der Waals surface area contributed by atoms with Gasteiger partial charge >= 0.3 is 0 Å². The van der Waals surface area contributed by atoms with Crippen molar-refractivity contribution >= 4 is 16.6 Å². The summed E-state index contributed by atoms with van der Waals surface area (Å²) in [6, 6.07) is 17.9. The van der Waals surface area contributed by atoms with Crippen LogP contribution in [-0.4, -0.2) is 14.3 Å². The molecule has 0 saturated carbocycles. The van der Waals surface area contributed by atoms with E-state index < -0.39 is 0 Å². The summed E-state index contributed by atoms with van der Waals surface area (Å²) in [5.74, 6) is 0. The molecular weight excluding hydrogens is 312 g/mol. The predicted molar refractivity (Wildman–Crippen MR) is 101 cm³/mol. The molecule has 5 heteroatoms. The zero-order valence-electron chi connectivity index (χ0n) is 14.3. The van der Waals surface area contributed by atoms with Crippen molar-refractivity contribution in [2.45, 2.75) is 13.5 Å². The van der Waals surface area contributed by atoms with Gasteiger partial charge in [-0.15, -0.1) is 0 Å². The molecular formula is C20H20N4O. The summed E-state index contributed by atoms with van der Waals surface area (Å²) in [6.07, 6.45) is 1.99. The Labute approximate surface area is 145 Å². The van der Waals surface area contributed by atoms with Gasteiger partial charge in [-0.3, -0.25) is 9.48 Å². The maximum Gasteiger partial charge on any atom is 0.295 e. The summed E-state index contributed by atoms with van der Waals surface area (Å²) in [7, 11) is 1.90. The van der Waals surface area contributed by atoms with Gasteiger partial charge in [0.15, 0.2) is 0 Å². The molecule has 0 saturated heterocycles. The number of fused-ring (bicyclic) bond motifs is 1. The largest absolute Gasteiger partial charge is 0.375 e. The van der Waals surface area contributed by atoms with Gasteiger partial charge < -0.3 is 10.3 Å². The van der Waals surface area contributed by atoms with Crippen molar-refractivity contribution < 1.29 is 0 Å². The van der Waals surface area contributed by atoms with Crippen LogP contribution in [0.4, 0.5) is 5.69 Å². The van der Waals surface area contributed by atoms with Crippen molar-refractivity contribution in [3.8, 4) is 5.69 Å². The number of H-pyrrole nitrogens is 1. The third kappa shape index (κ3) is 2.54. The van der Waals surface area contributed by atoms with Gasteiger partial charge in [-0.25, -0.2) is 4.68 Å². The fourth-order valence-corrected chi connectivity index (χ4v) is 3.23. The van der Waals surface area contributed by atoms with Crippen LogP contribution in [0.5, 0.6) is 0 Å². The van der Waals surface area contributed by atoms with Crippen LogP contribution in [0.15, 0.2) is 65.6 Å². The maximum absolute atomic E-state index is 12.9. The molecule has 2 aromatic carbocycles. The minimum Gasteiger partial charge on any atom is -0.375 e. The third-order valence-corrected chi connectivity index (χ3v) is 4.68. The van der Waals surface area contributed by atoms with Gasteiger partial charge in [0.25, 0.3) is 5.56 Å². The summed E-state index contributed by atoms with van der Waals surface area (Å²) in [5, 5.41) is 4.51. The molecule has 0 radical (unpaired) electrons. The van der Waals surface area contributed by atoms with Crippen molar-refractivity contribution in [1.82, 2.24) is 14.3 Å². The van der Waals surface area contributed by atoms with Crippen molar-refractivity contribution in [3.05, 3.63) is 82.4 Å². The second kappa shape index (κ2) is 6.02. The fourth-order valence-electron chi connectivity index (χ4n) is 3.23. The molecule has 0 aliphatic rings. The van der Waals surface area contributed by atoms with E-state index in [4.69, 9.17) is 0 Å². The average molecular weight is 332 g/mol. The van der Waals surface area contributed by atoms with E-state index in [0.29, 0.717) is 12.2 Å². The second-order valence-corrected chi connectivity index (χ2v) is 6.15. The van der Waals surface area contributed by atoms with Crippen molar-refractivity contribution in [1.29, 1.82) is 0 Å². The molecule has 5 nitrogen and oxygen atoms in total. The van der Waals surface area contributed by atoms with Crippen LogP contribution in [0, 0.1) is 6.92 Å². The van der Waals surface area contributed by atoms with Crippen LogP contribution >= 0.6 is 0 Å². The van der Waals surface area contributed by atoms with Gasteiger partial charge in [-0.2, -0.15) is 0 Å². The fraction of sp³-hybridized carbons (Fsp3) is 0.150. The van der Waals surface area contributed by atoms with Crippen molar-refractivity contribution in [3.63, 3.8) is 0 Å². The number of anilines is 1. The van der Waals surface area contributed by atoms with Crippen LogP contribution in [0.1, 0.15) is 11.3 Å². The zero-order chi connectivity index (χ0) is 17.4. The summed E-state index contributed by atoms with van der Waals surface area (Å²) in [4.78, 5) is 16.2. The molecule has 0 spiro atoms. The Balaban J connectivity index is 1.69. The van der Waals surface area contributed by atoms with Crippen molar-refractivity contribution in [2.24, 2.45) is 7.05 Å². The van der Waals surface area contributed by atoms with Gasteiger partial charge in [0.1, 0.15) is 5.69 Å². The van der Waals surface area contributed by atoms with Crippen LogP contribution in [0.2, 0.25) is 0 Å². The number of aromatic nitrogens is 3. The maximum atomic E-state index is 12.9. The Kier molecular flexibility index (Phi) is 3.69. The Morgan fingerprint density at radius 2 is 1.76 bits per heavy atom. The van der Waals surface area contributed by atoms with Crippen LogP contribution in [-0.2, 0) is 13.6 Å². The minimum atomic E-state index is -0.0361. The number of nitrogens with zero attached hydrogens (tertiary/aromatic N) is 2. The number of benzene rings is 2. The van der Waals surface area contributed by atoms with Gasteiger partial charge in [0.2, 0.25) is 0 Å². The smallest absolute Gasteiger partial charge is 0.295 e. The van der Waals surface area contributed by atoms with Gasteiger partial charge in [0.05, 0.1) is 11.4 Å². The summed E-state index contributed by atoms with van der Waals surface area (Å²) in [6.45, 7) is 2.55. The monoisotopic (exact) mass is 332 g/mol. The summed E-state index contributed by atoms with van der Waals surface area (Å²) < 4.78 is 3.57. The number of rotatable bonds is 4. The van der Waals surface area contributed by atoms with Crippen LogP contribution in [0.25, 0.3) is 16.6 Å². The van der Waals surface area contributed by atoms with Gasteiger partial charge in [-0.05, 0) is 30.7 Å². The minimum absolute atomic E-state index is 0.0361. The molecule has 126 valence electrons. The van der Waals surface area contributed by atoms with Gasteiger partial charge in [0, 0.05) is 30.7 Å². The molecule has 2 aromatic heterocycles. The molecule has 0 aliphatic carbocycles. The highest BCUT2D eigenvalue weighted by atomic mass is 16.1. The Morgan fingerprint density at radius 3 is 2.56 bits per heavy atom. The van der Waals surface area contributed by atoms with E-state index in [1.807, 2.05) is 67.3 Å². The second-order valence-electron chi connectivity index (χ2n) is 6.15. The normalized spacial score (nSPS) is 11.1. The number of aromatic amines is 1.